The number of pyridine rings is 1. The van der Waals surface area contributed by atoms with Crippen LogP contribution in [0.5, 0.6) is 0 Å². The quantitative estimate of drug-likeness (QED) is 0.878. The topological polar surface area (TPSA) is 71.2 Å². The Labute approximate surface area is 137 Å². The summed E-state index contributed by atoms with van der Waals surface area (Å²) in [7, 11) is 0. The molecule has 1 aromatic heterocycles. The second kappa shape index (κ2) is 6.62. The number of nitrogens with one attached hydrogen (secondary N) is 1. The number of rotatable bonds is 3. The number of hydrogen-bond acceptors (Lipinski definition) is 4. The molecule has 0 aromatic carbocycles. The average Bonchev–Trinajstić information content (AvgIpc) is 2.47. The van der Waals surface area contributed by atoms with Crippen molar-refractivity contribution in [3.8, 4) is 0 Å². The van der Waals surface area contributed by atoms with E-state index < -0.39 is 30.2 Å². The van der Waals surface area contributed by atoms with E-state index in [0.29, 0.717) is 11.6 Å². The number of carbonyl (C=O) groups excluding carboxylic acids is 1. The maximum absolute atomic E-state index is 13.1. The van der Waals surface area contributed by atoms with Crippen LogP contribution >= 0.6 is 11.6 Å². The fourth-order valence-electron chi connectivity index (χ4n) is 2.53. The number of halogens is 4. The van der Waals surface area contributed by atoms with Crippen LogP contribution in [0.3, 0.4) is 0 Å². The van der Waals surface area contributed by atoms with Gasteiger partial charge in [-0.3, -0.25) is 9.69 Å². The molecular weight excluding hydrogens is 333 g/mol. The summed E-state index contributed by atoms with van der Waals surface area (Å²) in [6, 6.07) is 2.33. The van der Waals surface area contributed by atoms with Gasteiger partial charge in [-0.1, -0.05) is 11.6 Å². The summed E-state index contributed by atoms with van der Waals surface area (Å²) >= 11 is 5.70. The zero-order valence-corrected chi connectivity index (χ0v) is 13.3. The van der Waals surface area contributed by atoms with Gasteiger partial charge in [0.1, 0.15) is 11.4 Å². The minimum atomic E-state index is -4.50. The Morgan fingerprint density at radius 1 is 1.52 bits per heavy atom. The average molecular weight is 351 g/mol. The third kappa shape index (κ3) is 4.13. The molecule has 1 amide bonds. The van der Waals surface area contributed by atoms with Gasteiger partial charge in [0.05, 0.1) is 11.1 Å². The summed E-state index contributed by atoms with van der Waals surface area (Å²) in [5, 5.41) is 2.98. The summed E-state index contributed by atoms with van der Waals surface area (Å²) in [6.45, 7) is 1.53. The van der Waals surface area contributed by atoms with E-state index in [2.05, 4.69) is 10.3 Å². The van der Waals surface area contributed by atoms with Crippen molar-refractivity contribution in [3.05, 3.63) is 23.4 Å². The van der Waals surface area contributed by atoms with E-state index in [9.17, 15) is 18.0 Å². The molecule has 1 saturated heterocycles. The molecule has 5 nitrogen and oxygen atoms in total. The van der Waals surface area contributed by atoms with Gasteiger partial charge in [0.25, 0.3) is 0 Å². The van der Waals surface area contributed by atoms with Crippen LogP contribution in [-0.4, -0.2) is 46.6 Å². The van der Waals surface area contributed by atoms with Crippen LogP contribution in [0.4, 0.5) is 19.0 Å². The molecule has 0 bridgehead atoms. The van der Waals surface area contributed by atoms with Gasteiger partial charge in [0, 0.05) is 12.7 Å². The number of anilines is 1. The molecule has 9 heteroatoms. The van der Waals surface area contributed by atoms with Crippen molar-refractivity contribution in [3.63, 3.8) is 0 Å². The number of nitrogens with zero attached hydrogens (tertiary/aromatic N) is 2. The third-order valence-electron chi connectivity index (χ3n) is 4.02. The number of alkyl halides is 3. The lowest BCUT2D eigenvalue weighted by Crippen LogP contribution is -2.65. The first-order chi connectivity index (χ1) is 10.6. The molecule has 1 aromatic rings. The predicted octanol–water partition coefficient (Wildman–Crippen LogP) is 2.42. The highest BCUT2D eigenvalue weighted by atomic mass is 35.5. The van der Waals surface area contributed by atoms with Crippen molar-refractivity contribution in [1.29, 1.82) is 0 Å². The van der Waals surface area contributed by atoms with Crippen LogP contribution < -0.4 is 11.1 Å². The van der Waals surface area contributed by atoms with Crippen LogP contribution in [-0.2, 0) is 4.79 Å². The minimum absolute atomic E-state index is 0.139. The van der Waals surface area contributed by atoms with Crippen LogP contribution in [0.2, 0.25) is 5.02 Å². The van der Waals surface area contributed by atoms with Crippen LogP contribution in [0, 0.1) is 0 Å². The van der Waals surface area contributed by atoms with Gasteiger partial charge in [-0.25, -0.2) is 4.98 Å². The van der Waals surface area contributed by atoms with E-state index in [1.54, 1.807) is 13.0 Å². The summed E-state index contributed by atoms with van der Waals surface area (Å²) in [6.07, 6.45) is -2.98. The van der Waals surface area contributed by atoms with Gasteiger partial charge in [-0.15, -0.1) is 0 Å². The molecule has 1 fully saturated rings. The van der Waals surface area contributed by atoms with Crippen molar-refractivity contribution in [2.24, 2.45) is 5.73 Å². The van der Waals surface area contributed by atoms with Gasteiger partial charge >= 0.3 is 6.18 Å². The lowest BCUT2D eigenvalue weighted by Gasteiger charge is -2.43. The maximum Gasteiger partial charge on any atom is 0.407 e. The first-order valence-electron chi connectivity index (χ1n) is 7.14. The Morgan fingerprint density at radius 2 is 2.22 bits per heavy atom. The lowest BCUT2D eigenvalue weighted by molar-refractivity contribution is -0.200. The second-order valence-electron chi connectivity index (χ2n) is 5.75. The maximum atomic E-state index is 13.1. The molecule has 3 N–H and O–H groups in total. The van der Waals surface area contributed by atoms with Crippen LogP contribution in [0.25, 0.3) is 0 Å². The standard InChI is InChI=1S/C14H18ClF3N4O/c1-9(12(23)21-11-4-3-10(15)7-20-11)22-6-2-5-13(19,8-22)14(16,17)18/h3-4,7,9H,2,5-6,8,19H2,1H3,(H,20,21,23)/t9-,13-/m0/s1. The molecule has 0 unspecified atom stereocenters. The number of likely N-dealkylation sites (tertiary alicyclic amines) is 1. The SMILES string of the molecule is C[C@@H](C(=O)Nc1ccc(Cl)cn1)N1CCC[C@@](N)(C(F)(F)F)C1. The Kier molecular flexibility index (Phi) is 5.17. The van der Waals surface area contributed by atoms with Crippen molar-refractivity contribution in [2.75, 3.05) is 18.4 Å². The van der Waals surface area contributed by atoms with E-state index >= 15 is 0 Å². The van der Waals surface area contributed by atoms with Gasteiger partial charge in [0.15, 0.2) is 0 Å². The Hall–Kier alpha value is -1.38. The highest BCUT2D eigenvalue weighted by molar-refractivity contribution is 6.30. The highest BCUT2D eigenvalue weighted by Gasteiger charge is 2.54. The molecule has 2 atom stereocenters. The Morgan fingerprint density at radius 3 is 2.78 bits per heavy atom. The Bertz CT molecular complexity index is 566. The molecule has 0 aliphatic carbocycles. The van der Waals surface area contributed by atoms with Crippen LogP contribution in [0.15, 0.2) is 18.3 Å². The molecule has 2 rings (SSSR count). The number of amides is 1. The molecule has 1 aliphatic heterocycles. The number of hydrogen-bond donors (Lipinski definition) is 2. The third-order valence-corrected chi connectivity index (χ3v) is 4.25. The van der Waals surface area contributed by atoms with Crippen molar-refractivity contribution < 1.29 is 18.0 Å². The molecule has 0 spiro atoms. The minimum Gasteiger partial charge on any atom is -0.317 e. The Balaban J connectivity index is 2.03. The summed E-state index contributed by atoms with van der Waals surface area (Å²) in [4.78, 5) is 17.6. The van der Waals surface area contributed by atoms with E-state index in [1.807, 2.05) is 0 Å². The summed E-state index contributed by atoms with van der Waals surface area (Å²) in [5.74, 6) is -0.149. The smallest absolute Gasteiger partial charge is 0.317 e. The number of aromatic nitrogens is 1. The van der Waals surface area contributed by atoms with E-state index in [4.69, 9.17) is 17.3 Å². The van der Waals surface area contributed by atoms with E-state index in [-0.39, 0.29) is 18.7 Å². The molecule has 2 heterocycles. The molecule has 23 heavy (non-hydrogen) atoms. The monoisotopic (exact) mass is 350 g/mol. The lowest BCUT2D eigenvalue weighted by atomic mass is 9.88. The summed E-state index contributed by atoms with van der Waals surface area (Å²) < 4.78 is 39.2. The normalized spacial score (nSPS) is 24.3. The van der Waals surface area contributed by atoms with E-state index in [1.165, 1.54) is 17.2 Å². The zero-order valence-electron chi connectivity index (χ0n) is 12.5. The van der Waals surface area contributed by atoms with Gasteiger partial charge in [-0.05, 0) is 38.4 Å². The molecule has 128 valence electrons. The predicted molar refractivity (Wildman–Crippen MR) is 81.1 cm³/mol. The number of piperidine rings is 1. The summed E-state index contributed by atoms with van der Waals surface area (Å²) in [5.41, 5.74) is 3.23. The first-order valence-corrected chi connectivity index (χ1v) is 7.52. The molecule has 0 radical (unpaired) electrons. The van der Waals surface area contributed by atoms with Crippen molar-refractivity contribution >= 4 is 23.3 Å². The van der Waals surface area contributed by atoms with Gasteiger partial charge in [0.2, 0.25) is 5.91 Å². The first kappa shape index (κ1) is 18.0. The number of nitrogens with two attached hydrogens (primary N) is 1. The highest BCUT2D eigenvalue weighted by Crippen LogP contribution is 2.35. The van der Waals surface area contributed by atoms with Crippen LogP contribution in [0.1, 0.15) is 19.8 Å². The number of carbonyl (C=O) groups is 1. The van der Waals surface area contributed by atoms with Gasteiger partial charge in [-0.2, -0.15) is 13.2 Å². The molecule has 0 saturated carbocycles. The van der Waals surface area contributed by atoms with Crippen molar-refractivity contribution in [1.82, 2.24) is 9.88 Å². The van der Waals surface area contributed by atoms with Gasteiger partial charge < -0.3 is 11.1 Å². The fraction of sp³-hybridized carbons (Fsp3) is 0.571. The largest absolute Gasteiger partial charge is 0.407 e. The second-order valence-corrected chi connectivity index (χ2v) is 6.19. The molecule has 1 aliphatic rings. The van der Waals surface area contributed by atoms with E-state index in [0.717, 1.165) is 0 Å². The fourth-order valence-corrected chi connectivity index (χ4v) is 2.64. The molecular formula is C14H18ClF3N4O. The zero-order chi connectivity index (χ0) is 17.3. The van der Waals surface area contributed by atoms with Crippen molar-refractivity contribution in [2.45, 2.75) is 37.5 Å².